The Hall–Kier alpha value is -1.60. The number of oxazole rings is 1. The largest absolute Gasteiger partial charge is 0.439 e. The van der Waals surface area contributed by atoms with E-state index in [-0.39, 0.29) is 36.1 Å². The lowest BCUT2D eigenvalue weighted by Crippen LogP contribution is -2.56. The molecule has 28 heavy (non-hydrogen) atoms. The summed E-state index contributed by atoms with van der Waals surface area (Å²) < 4.78 is 5.88. The van der Waals surface area contributed by atoms with E-state index in [0.29, 0.717) is 25.5 Å². The van der Waals surface area contributed by atoms with E-state index in [2.05, 4.69) is 9.88 Å². The third-order valence-corrected chi connectivity index (χ3v) is 4.85. The zero-order valence-electron chi connectivity index (χ0n) is 16.6. The van der Waals surface area contributed by atoms with E-state index in [1.807, 2.05) is 56.0 Å². The lowest BCUT2D eigenvalue weighted by molar-refractivity contribution is -0.136. The summed E-state index contributed by atoms with van der Waals surface area (Å²) in [6.45, 7) is 9.62. The van der Waals surface area contributed by atoms with Gasteiger partial charge in [0.05, 0.1) is 18.8 Å². The maximum absolute atomic E-state index is 12.5. The molecule has 1 aliphatic heterocycles. The Balaban J connectivity index is 0.00000196. The fourth-order valence-corrected chi connectivity index (χ4v) is 3.00. The van der Waals surface area contributed by atoms with Gasteiger partial charge in [-0.1, -0.05) is 51.1 Å². The van der Waals surface area contributed by atoms with Gasteiger partial charge < -0.3 is 15.1 Å². The standard InChI is InChI=1S/C20H28N4O2.2ClH/c1-20(2,3)18(21)19(25)24-11-9-23(10-12-24)14-17-22-13-16(26-17)15-7-5-4-6-8-15;;/h4-8,13,18H,9-12,14,21H2,1-3H3;2*1H/t18-;;/m1../s1. The monoisotopic (exact) mass is 428 g/mol. The number of aromatic nitrogens is 1. The molecule has 0 radical (unpaired) electrons. The van der Waals surface area contributed by atoms with Crippen molar-refractivity contribution >= 4 is 30.7 Å². The highest BCUT2D eigenvalue weighted by Gasteiger charge is 2.32. The van der Waals surface area contributed by atoms with E-state index >= 15 is 0 Å². The summed E-state index contributed by atoms with van der Waals surface area (Å²) in [6.07, 6.45) is 1.77. The third-order valence-electron chi connectivity index (χ3n) is 4.85. The highest BCUT2D eigenvalue weighted by atomic mass is 35.5. The SMILES string of the molecule is CC(C)(C)[C@H](N)C(=O)N1CCN(Cc2ncc(-c3ccccc3)o2)CC1.Cl.Cl. The minimum absolute atomic E-state index is 0. The predicted molar refractivity (Wildman–Crippen MR) is 116 cm³/mol. The molecule has 0 bridgehead atoms. The fraction of sp³-hybridized carbons (Fsp3) is 0.500. The van der Waals surface area contributed by atoms with E-state index < -0.39 is 6.04 Å². The molecule has 8 heteroatoms. The quantitative estimate of drug-likeness (QED) is 0.808. The number of nitrogens with two attached hydrogens (primary N) is 1. The summed E-state index contributed by atoms with van der Waals surface area (Å²) in [7, 11) is 0. The van der Waals surface area contributed by atoms with Gasteiger partial charge >= 0.3 is 0 Å². The van der Waals surface area contributed by atoms with Crippen LogP contribution in [0.2, 0.25) is 0 Å². The van der Waals surface area contributed by atoms with Gasteiger partial charge in [0.15, 0.2) is 5.76 Å². The van der Waals surface area contributed by atoms with Crippen LogP contribution in [0.5, 0.6) is 0 Å². The average molecular weight is 429 g/mol. The topological polar surface area (TPSA) is 75.6 Å². The summed E-state index contributed by atoms with van der Waals surface area (Å²) >= 11 is 0. The zero-order chi connectivity index (χ0) is 18.7. The first kappa shape index (κ1) is 24.4. The van der Waals surface area contributed by atoms with Crippen LogP contribution in [0.4, 0.5) is 0 Å². The number of piperazine rings is 1. The number of halogens is 2. The zero-order valence-corrected chi connectivity index (χ0v) is 18.3. The van der Waals surface area contributed by atoms with Crippen molar-refractivity contribution in [3.63, 3.8) is 0 Å². The lowest BCUT2D eigenvalue weighted by atomic mass is 9.86. The molecule has 1 saturated heterocycles. The molecule has 1 fully saturated rings. The first-order valence-corrected chi connectivity index (χ1v) is 9.11. The van der Waals surface area contributed by atoms with Crippen LogP contribution in [0.25, 0.3) is 11.3 Å². The molecule has 1 aliphatic rings. The van der Waals surface area contributed by atoms with Crippen molar-refractivity contribution in [1.29, 1.82) is 0 Å². The number of nitrogens with zero attached hydrogens (tertiary/aromatic N) is 3. The van der Waals surface area contributed by atoms with E-state index in [1.54, 1.807) is 6.20 Å². The van der Waals surface area contributed by atoms with Crippen LogP contribution >= 0.6 is 24.8 Å². The van der Waals surface area contributed by atoms with Gasteiger partial charge in [-0.15, -0.1) is 24.8 Å². The fourth-order valence-electron chi connectivity index (χ4n) is 3.00. The number of carbonyl (C=O) groups excluding carboxylic acids is 1. The Morgan fingerprint density at radius 1 is 1.14 bits per heavy atom. The molecule has 2 heterocycles. The summed E-state index contributed by atoms with van der Waals surface area (Å²) in [5, 5.41) is 0. The minimum atomic E-state index is -0.464. The molecule has 1 aromatic carbocycles. The Morgan fingerprint density at radius 2 is 1.75 bits per heavy atom. The van der Waals surface area contributed by atoms with Gasteiger partial charge in [-0.3, -0.25) is 9.69 Å². The van der Waals surface area contributed by atoms with Crippen LogP contribution < -0.4 is 5.73 Å². The smallest absolute Gasteiger partial charge is 0.240 e. The minimum Gasteiger partial charge on any atom is -0.439 e. The number of hydrogen-bond acceptors (Lipinski definition) is 5. The normalized spacial score (nSPS) is 16.1. The Bertz CT molecular complexity index is 738. The van der Waals surface area contributed by atoms with Crippen molar-refractivity contribution in [3.8, 4) is 11.3 Å². The van der Waals surface area contributed by atoms with Gasteiger partial charge in [0.2, 0.25) is 11.8 Å². The van der Waals surface area contributed by atoms with Crippen LogP contribution in [0, 0.1) is 5.41 Å². The van der Waals surface area contributed by atoms with Gasteiger partial charge in [-0.2, -0.15) is 0 Å². The molecular formula is C20H30Cl2N4O2. The number of carbonyl (C=O) groups is 1. The summed E-state index contributed by atoms with van der Waals surface area (Å²) in [4.78, 5) is 21.0. The van der Waals surface area contributed by atoms with Gasteiger partial charge in [0.1, 0.15) is 0 Å². The molecule has 0 spiro atoms. The molecule has 6 nitrogen and oxygen atoms in total. The molecule has 0 saturated carbocycles. The van der Waals surface area contributed by atoms with E-state index in [9.17, 15) is 4.79 Å². The van der Waals surface area contributed by atoms with Crippen molar-refractivity contribution < 1.29 is 9.21 Å². The molecule has 2 aromatic rings. The lowest BCUT2D eigenvalue weighted by Gasteiger charge is -2.37. The molecule has 156 valence electrons. The number of amides is 1. The van der Waals surface area contributed by atoms with Gasteiger partial charge in [-0.05, 0) is 5.41 Å². The van der Waals surface area contributed by atoms with Crippen LogP contribution in [0.1, 0.15) is 26.7 Å². The Kier molecular flexibility index (Phi) is 8.95. The number of benzene rings is 1. The first-order valence-electron chi connectivity index (χ1n) is 9.11. The van der Waals surface area contributed by atoms with Gasteiger partial charge in [0, 0.05) is 31.7 Å². The Morgan fingerprint density at radius 3 is 2.32 bits per heavy atom. The second kappa shape index (κ2) is 10.3. The molecular weight excluding hydrogens is 399 g/mol. The number of hydrogen-bond donors (Lipinski definition) is 1. The van der Waals surface area contributed by atoms with Crippen LogP contribution in [-0.2, 0) is 11.3 Å². The molecule has 1 atom stereocenters. The summed E-state index contributed by atoms with van der Waals surface area (Å²) in [6, 6.07) is 9.49. The van der Waals surface area contributed by atoms with Crippen molar-refractivity contribution in [2.75, 3.05) is 26.2 Å². The first-order chi connectivity index (χ1) is 12.3. The van der Waals surface area contributed by atoms with Gasteiger partial charge in [-0.25, -0.2) is 4.98 Å². The molecule has 0 aliphatic carbocycles. The molecule has 2 N–H and O–H groups in total. The van der Waals surface area contributed by atoms with Crippen LogP contribution in [-0.4, -0.2) is 52.9 Å². The van der Waals surface area contributed by atoms with Gasteiger partial charge in [0.25, 0.3) is 0 Å². The van der Waals surface area contributed by atoms with Crippen LogP contribution in [0.3, 0.4) is 0 Å². The Labute approximate surface area is 179 Å². The van der Waals surface area contributed by atoms with E-state index in [4.69, 9.17) is 10.2 Å². The summed E-state index contributed by atoms with van der Waals surface area (Å²) in [5.41, 5.74) is 6.92. The highest BCUT2D eigenvalue weighted by Crippen LogP contribution is 2.22. The van der Waals surface area contributed by atoms with Crippen molar-refractivity contribution in [3.05, 3.63) is 42.4 Å². The summed E-state index contributed by atoms with van der Waals surface area (Å²) in [5.74, 6) is 1.53. The highest BCUT2D eigenvalue weighted by molar-refractivity contribution is 5.85. The number of rotatable bonds is 4. The molecule has 1 aromatic heterocycles. The second-order valence-corrected chi connectivity index (χ2v) is 7.93. The van der Waals surface area contributed by atoms with Crippen molar-refractivity contribution in [2.45, 2.75) is 33.4 Å². The predicted octanol–water partition coefficient (Wildman–Crippen LogP) is 3.20. The average Bonchev–Trinajstić information content (AvgIpc) is 3.09. The maximum atomic E-state index is 12.5. The molecule has 3 rings (SSSR count). The van der Waals surface area contributed by atoms with Crippen molar-refractivity contribution in [2.24, 2.45) is 11.1 Å². The third kappa shape index (κ3) is 5.95. The van der Waals surface area contributed by atoms with E-state index in [1.165, 1.54) is 0 Å². The second-order valence-electron chi connectivity index (χ2n) is 7.93. The maximum Gasteiger partial charge on any atom is 0.240 e. The molecule has 1 amide bonds. The van der Waals surface area contributed by atoms with Crippen molar-refractivity contribution in [1.82, 2.24) is 14.8 Å². The van der Waals surface area contributed by atoms with E-state index in [0.717, 1.165) is 24.4 Å². The molecule has 0 unspecified atom stereocenters. The van der Waals surface area contributed by atoms with Crippen LogP contribution in [0.15, 0.2) is 40.9 Å².